The third-order valence-corrected chi connectivity index (χ3v) is 2.40. The number of carboxylic acid groups (broad SMARTS) is 1. The number of thiophene rings is 1. The minimum atomic E-state index is -1.14. The molecule has 0 aromatic carbocycles. The lowest BCUT2D eigenvalue weighted by atomic mass is 10.3. The zero-order valence-corrected chi connectivity index (χ0v) is 9.41. The molecule has 0 bridgehead atoms. The van der Waals surface area contributed by atoms with Gasteiger partial charge in [0.15, 0.2) is 6.04 Å². The van der Waals surface area contributed by atoms with Gasteiger partial charge in [0.05, 0.1) is 12.3 Å². The van der Waals surface area contributed by atoms with Crippen LogP contribution in [0.3, 0.4) is 0 Å². The summed E-state index contributed by atoms with van der Waals surface area (Å²) in [5.74, 6) is -1.14. The first-order chi connectivity index (χ1) is 7.63. The minimum Gasteiger partial charge on any atom is -0.480 e. The van der Waals surface area contributed by atoms with E-state index in [9.17, 15) is 9.59 Å². The standard InChI is InChI=1S/C9H12N2O4S/c1-15-4-7(8(12)13)11-9(14)10-6-2-3-16-5-6/h2-3,5,7H,4H2,1H3,(H,12,13)(H2,10,11,14). The summed E-state index contributed by atoms with van der Waals surface area (Å²) < 4.78 is 4.68. The molecular weight excluding hydrogens is 232 g/mol. The number of rotatable bonds is 5. The van der Waals surface area contributed by atoms with Crippen molar-refractivity contribution in [3.8, 4) is 0 Å². The molecule has 0 aliphatic carbocycles. The second-order valence-electron chi connectivity index (χ2n) is 2.96. The molecule has 0 saturated heterocycles. The molecule has 1 aromatic heterocycles. The maximum Gasteiger partial charge on any atom is 0.328 e. The maximum absolute atomic E-state index is 11.4. The van der Waals surface area contributed by atoms with Gasteiger partial charge < -0.3 is 20.5 Å². The highest BCUT2D eigenvalue weighted by Gasteiger charge is 2.19. The molecule has 2 amide bonds. The van der Waals surface area contributed by atoms with Gasteiger partial charge in [0, 0.05) is 12.5 Å². The van der Waals surface area contributed by atoms with Crippen molar-refractivity contribution in [1.82, 2.24) is 5.32 Å². The fourth-order valence-corrected chi connectivity index (χ4v) is 1.59. The second-order valence-corrected chi connectivity index (χ2v) is 3.74. The number of anilines is 1. The Hall–Kier alpha value is -1.60. The van der Waals surface area contributed by atoms with E-state index in [1.54, 1.807) is 16.8 Å². The number of ether oxygens (including phenoxy) is 1. The topological polar surface area (TPSA) is 87.7 Å². The van der Waals surface area contributed by atoms with Crippen LogP contribution in [0.1, 0.15) is 0 Å². The van der Waals surface area contributed by atoms with Crippen LogP contribution in [0, 0.1) is 0 Å². The van der Waals surface area contributed by atoms with Crippen molar-refractivity contribution in [2.45, 2.75) is 6.04 Å². The fraction of sp³-hybridized carbons (Fsp3) is 0.333. The van der Waals surface area contributed by atoms with E-state index in [4.69, 9.17) is 5.11 Å². The predicted octanol–water partition coefficient (Wildman–Crippen LogP) is 0.969. The average Bonchev–Trinajstić information content (AvgIpc) is 2.69. The fourth-order valence-electron chi connectivity index (χ4n) is 1.00. The molecule has 0 aliphatic heterocycles. The molecule has 7 heteroatoms. The van der Waals surface area contributed by atoms with E-state index in [0.717, 1.165) is 0 Å². The van der Waals surface area contributed by atoms with Crippen LogP contribution in [0.4, 0.5) is 10.5 Å². The third kappa shape index (κ3) is 3.87. The molecule has 0 fully saturated rings. The van der Waals surface area contributed by atoms with Crippen molar-refractivity contribution >= 4 is 29.0 Å². The predicted molar refractivity (Wildman–Crippen MR) is 59.8 cm³/mol. The molecule has 6 nitrogen and oxygen atoms in total. The van der Waals surface area contributed by atoms with Gasteiger partial charge in [0.1, 0.15) is 0 Å². The SMILES string of the molecule is COCC(NC(=O)Nc1ccsc1)C(=O)O. The number of hydrogen-bond donors (Lipinski definition) is 3. The van der Waals surface area contributed by atoms with Crippen molar-refractivity contribution < 1.29 is 19.4 Å². The van der Waals surface area contributed by atoms with Crippen molar-refractivity contribution in [2.75, 3.05) is 19.0 Å². The summed E-state index contributed by atoms with van der Waals surface area (Å²) in [7, 11) is 1.37. The largest absolute Gasteiger partial charge is 0.480 e. The van der Waals surface area contributed by atoms with Gasteiger partial charge in [-0.05, 0) is 11.4 Å². The lowest BCUT2D eigenvalue weighted by molar-refractivity contribution is -0.140. The lowest BCUT2D eigenvalue weighted by Crippen LogP contribution is -2.45. The summed E-state index contributed by atoms with van der Waals surface area (Å²) >= 11 is 1.43. The molecule has 1 aromatic rings. The first kappa shape index (κ1) is 12.5. The number of nitrogens with one attached hydrogen (secondary N) is 2. The van der Waals surface area contributed by atoms with Crippen LogP contribution in [0.15, 0.2) is 16.8 Å². The van der Waals surface area contributed by atoms with Crippen LogP contribution < -0.4 is 10.6 Å². The number of aliphatic carboxylic acids is 1. The molecule has 0 saturated carbocycles. The van der Waals surface area contributed by atoms with Crippen LogP contribution in [0.2, 0.25) is 0 Å². The molecular formula is C9H12N2O4S. The molecule has 0 spiro atoms. The van der Waals surface area contributed by atoms with Gasteiger partial charge in [-0.3, -0.25) is 0 Å². The Kier molecular flexibility index (Phi) is 4.74. The number of urea groups is 1. The minimum absolute atomic E-state index is 0.0770. The van der Waals surface area contributed by atoms with Gasteiger partial charge in [-0.15, -0.1) is 0 Å². The van der Waals surface area contributed by atoms with E-state index < -0.39 is 18.0 Å². The number of carbonyl (C=O) groups is 2. The highest BCUT2D eigenvalue weighted by Crippen LogP contribution is 2.11. The number of carboxylic acids is 1. The summed E-state index contributed by atoms with van der Waals surface area (Å²) in [5, 5.41) is 17.1. The Morgan fingerprint density at radius 1 is 1.62 bits per heavy atom. The lowest BCUT2D eigenvalue weighted by Gasteiger charge is -2.13. The van der Waals surface area contributed by atoms with Gasteiger partial charge in [-0.2, -0.15) is 11.3 Å². The highest BCUT2D eigenvalue weighted by atomic mass is 32.1. The summed E-state index contributed by atoms with van der Waals surface area (Å²) in [6, 6.07) is 0.0996. The van der Waals surface area contributed by atoms with E-state index in [-0.39, 0.29) is 6.61 Å². The first-order valence-electron chi connectivity index (χ1n) is 4.45. The Morgan fingerprint density at radius 3 is 2.88 bits per heavy atom. The number of hydrogen-bond acceptors (Lipinski definition) is 4. The number of methoxy groups -OCH3 is 1. The summed E-state index contributed by atoms with van der Waals surface area (Å²) in [6.07, 6.45) is 0. The zero-order chi connectivity index (χ0) is 12.0. The molecule has 1 atom stereocenters. The maximum atomic E-state index is 11.4. The van der Waals surface area contributed by atoms with Crippen LogP contribution >= 0.6 is 11.3 Å². The molecule has 1 heterocycles. The highest BCUT2D eigenvalue weighted by molar-refractivity contribution is 7.08. The van der Waals surface area contributed by atoms with Gasteiger partial charge >= 0.3 is 12.0 Å². The Morgan fingerprint density at radius 2 is 2.38 bits per heavy atom. The van der Waals surface area contributed by atoms with Crippen LogP contribution in [-0.4, -0.2) is 36.9 Å². The number of amides is 2. The van der Waals surface area contributed by atoms with Crippen LogP contribution in [-0.2, 0) is 9.53 Å². The Bertz CT molecular complexity index is 352. The molecule has 88 valence electrons. The third-order valence-electron chi connectivity index (χ3n) is 1.72. The summed E-state index contributed by atoms with van der Waals surface area (Å²) in [6.45, 7) is -0.0770. The normalized spacial score (nSPS) is 11.8. The van der Waals surface area contributed by atoms with Gasteiger partial charge in [-0.25, -0.2) is 9.59 Å². The Balaban J connectivity index is 2.45. The Labute approximate surface area is 96.2 Å². The van der Waals surface area contributed by atoms with E-state index in [0.29, 0.717) is 5.69 Å². The van der Waals surface area contributed by atoms with E-state index in [2.05, 4.69) is 15.4 Å². The van der Waals surface area contributed by atoms with Gasteiger partial charge in [0.25, 0.3) is 0 Å². The van der Waals surface area contributed by atoms with Gasteiger partial charge in [-0.1, -0.05) is 0 Å². The first-order valence-corrected chi connectivity index (χ1v) is 5.39. The van der Waals surface area contributed by atoms with Crippen molar-refractivity contribution in [1.29, 1.82) is 0 Å². The van der Waals surface area contributed by atoms with E-state index in [1.165, 1.54) is 18.4 Å². The van der Waals surface area contributed by atoms with E-state index >= 15 is 0 Å². The summed E-state index contributed by atoms with van der Waals surface area (Å²) in [4.78, 5) is 22.1. The molecule has 0 radical (unpaired) electrons. The van der Waals surface area contributed by atoms with Crippen LogP contribution in [0.5, 0.6) is 0 Å². The van der Waals surface area contributed by atoms with Gasteiger partial charge in [0.2, 0.25) is 0 Å². The molecule has 16 heavy (non-hydrogen) atoms. The monoisotopic (exact) mass is 244 g/mol. The quantitative estimate of drug-likeness (QED) is 0.720. The number of carbonyl (C=O) groups excluding carboxylic acids is 1. The van der Waals surface area contributed by atoms with Crippen molar-refractivity contribution in [3.63, 3.8) is 0 Å². The van der Waals surface area contributed by atoms with E-state index in [1.807, 2.05) is 0 Å². The molecule has 1 rings (SSSR count). The summed E-state index contributed by atoms with van der Waals surface area (Å²) in [5.41, 5.74) is 0.629. The van der Waals surface area contributed by atoms with Crippen molar-refractivity contribution in [2.24, 2.45) is 0 Å². The smallest absolute Gasteiger partial charge is 0.328 e. The molecule has 1 unspecified atom stereocenters. The molecule has 3 N–H and O–H groups in total. The zero-order valence-electron chi connectivity index (χ0n) is 8.60. The molecule has 0 aliphatic rings. The van der Waals surface area contributed by atoms with Crippen LogP contribution in [0.25, 0.3) is 0 Å². The van der Waals surface area contributed by atoms with Crippen molar-refractivity contribution in [3.05, 3.63) is 16.8 Å². The second kappa shape index (κ2) is 6.09. The average molecular weight is 244 g/mol.